The molecule has 132 valence electrons. The van der Waals surface area contributed by atoms with Crippen LogP contribution in [0.25, 0.3) is 10.8 Å². The summed E-state index contributed by atoms with van der Waals surface area (Å²) in [5.74, 6) is -1.36. The Balaban J connectivity index is 1.67. The predicted molar refractivity (Wildman–Crippen MR) is 102 cm³/mol. The fourth-order valence-corrected chi connectivity index (χ4v) is 3.07. The van der Waals surface area contributed by atoms with Gasteiger partial charge in [0.25, 0.3) is 5.91 Å². The molecule has 0 saturated heterocycles. The van der Waals surface area contributed by atoms with E-state index in [4.69, 9.17) is 0 Å². The second-order valence-corrected chi connectivity index (χ2v) is 6.27. The summed E-state index contributed by atoms with van der Waals surface area (Å²) in [6.45, 7) is 0. The Kier molecular flexibility index (Phi) is 5.64. The monoisotopic (exact) mass is 347 g/mol. The molecule has 4 heteroatoms. The van der Waals surface area contributed by atoms with E-state index >= 15 is 0 Å². The molecule has 1 atom stereocenters. The molecule has 3 aromatic carbocycles. The molecule has 0 aliphatic rings. The lowest BCUT2D eigenvalue weighted by Gasteiger charge is -2.15. The lowest BCUT2D eigenvalue weighted by Crippen LogP contribution is -2.40. The van der Waals surface area contributed by atoms with Crippen LogP contribution in [-0.2, 0) is 11.2 Å². The molecule has 0 aliphatic carbocycles. The minimum Gasteiger partial charge on any atom is -0.480 e. The number of carboxylic acids is 1. The fraction of sp³-hybridized carbons (Fsp3) is 0.182. The van der Waals surface area contributed by atoms with Crippen molar-refractivity contribution in [2.75, 3.05) is 0 Å². The van der Waals surface area contributed by atoms with Crippen molar-refractivity contribution in [3.8, 4) is 0 Å². The first-order chi connectivity index (χ1) is 12.6. The molecule has 0 radical (unpaired) electrons. The van der Waals surface area contributed by atoms with Crippen molar-refractivity contribution in [1.29, 1.82) is 0 Å². The second-order valence-electron chi connectivity index (χ2n) is 6.27. The summed E-state index contributed by atoms with van der Waals surface area (Å²) >= 11 is 0. The van der Waals surface area contributed by atoms with Gasteiger partial charge in [0.15, 0.2) is 0 Å². The smallest absolute Gasteiger partial charge is 0.326 e. The predicted octanol–water partition coefficient (Wildman–Crippen LogP) is 4.05. The molecule has 0 bridgehead atoms. The van der Waals surface area contributed by atoms with Gasteiger partial charge in [-0.3, -0.25) is 4.79 Å². The van der Waals surface area contributed by atoms with Crippen LogP contribution in [-0.4, -0.2) is 23.0 Å². The Morgan fingerprint density at radius 3 is 2.35 bits per heavy atom. The third-order valence-electron chi connectivity index (χ3n) is 4.44. The van der Waals surface area contributed by atoms with Gasteiger partial charge in [-0.2, -0.15) is 0 Å². The topological polar surface area (TPSA) is 66.4 Å². The summed E-state index contributed by atoms with van der Waals surface area (Å²) in [7, 11) is 0. The molecule has 0 spiro atoms. The highest BCUT2D eigenvalue weighted by Crippen LogP contribution is 2.18. The molecule has 3 aromatic rings. The molecule has 1 amide bonds. The van der Waals surface area contributed by atoms with E-state index in [0.29, 0.717) is 18.4 Å². The van der Waals surface area contributed by atoms with Crippen molar-refractivity contribution in [2.24, 2.45) is 0 Å². The Morgan fingerprint density at radius 2 is 1.58 bits per heavy atom. The zero-order chi connectivity index (χ0) is 18.4. The number of carboxylic acid groups (broad SMARTS) is 1. The van der Waals surface area contributed by atoms with Gasteiger partial charge in [0, 0.05) is 5.56 Å². The van der Waals surface area contributed by atoms with Crippen molar-refractivity contribution < 1.29 is 14.7 Å². The highest BCUT2D eigenvalue weighted by Gasteiger charge is 2.21. The van der Waals surface area contributed by atoms with Crippen molar-refractivity contribution in [3.63, 3.8) is 0 Å². The zero-order valence-electron chi connectivity index (χ0n) is 14.4. The number of hydrogen-bond acceptors (Lipinski definition) is 2. The van der Waals surface area contributed by atoms with Gasteiger partial charge in [-0.25, -0.2) is 4.79 Å². The van der Waals surface area contributed by atoms with E-state index in [2.05, 4.69) is 5.32 Å². The average Bonchev–Trinajstić information content (AvgIpc) is 2.67. The molecule has 26 heavy (non-hydrogen) atoms. The molecule has 0 aromatic heterocycles. The van der Waals surface area contributed by atoms with E-state index in [0.717, 1.165) is 22.8 Å². The van der Waals surface area contributed by atoms with Crippen LogP contribution in [0.2, 0.25) is 0 Å². The van der Waals surface area contributed by atoms with Gasteiger partial charge in [-0.1, -0.05) is 66.7 Å². The summed E-state index contributed by atoms with van der Waals surface area (Å²) in [5, 5.41) is 13.9. The molecule has 0 heterocycles. The molecule has 2 N–H and O–H groups in total. The van der Waals surface area contributed by atoms with Crippen LogP contribution in [0.15, 0.2) is 72.8 Å². The van der Waals surface area contributed by atoms with Gasteiger partial charge in [0.05, 0.1) is 0 Å². The Morgan fingerprint density at radius 1 is 0.885 bits per heavy atom. The number of aliphatic carboxylic acids is 1. The van der Waals surface area contributed by atoms with Gasteiger partial charge < -0.3 is 10.4 Å². The first kappa shape index (κ1) is 17.7. The number of fused-ring (bicyclic) bond motifs is 1. The molecule has 4 nitrogen and oxygen atoms in total. The van der Waals surface area contributed by atoms with Gasteiger partial charge in [0.2, 0.25) is 0 Å². The summed E-state index contributed by atoms with van der Waals surface area (Å²) in [6.07, 6.45) is 1.87. The number of carbonyl (C=O) groups excluding carboxylic acids is 1. The summed E-state index contributed by atoms with van der Waals surface area (Å²) in [5.41, 5.74) is 1.66. The standard InChI is InChI=1S/C22H21NO3/c24-21(19-14-7-12-17-11-4-5-13-18(17)19)23-20(22(25)26)15-6-10-16-8-2-1-3-9-16/h1-5,7-9,11-14,20H,6,10,15H2,(H,23,24)(H,25,26)/t20-/m0/s1. The van der Waals surface area contributed by atoms with Crippen LogP contribution < -0.4 is 5.32 Å². The minimum absolute atomic E-state index is 0.353. The highest BCUT2D eigenvalue weighted by molar-refractivity contribution is 6.07. The lowest BCUT2D eigenvalue weighted by molar-refractivity contribution is -0.139. The summed E-state index contributed by atoms with van der Waals surface area (Å²) in [6, 6.07) is 22.1. The molecule has 3 rings (SSSR count). The van der Waals surface area contributed by atoms with Crippen LogP contribution in [0.5, 0.6) is 0 Å². The Labute approximate surface area is 152 Å². The van der Waals surface area contributed by atoms with Crippen LogP contribution in [0.1, 0.15) is 28.8 Å². The SMILES string of the molecule is O=C(N[C@@H](CCCc1ccccc1)C(=O)O)c1cccc2ccccc12. The average molecular weight is 347 g/mol. The molecule has 0 fully saturated rings. The number of carbonyl (C=O) groups is 2. The summed E-state index contributed by atoms with van der Waals surface area (Å²) in [4.78, 5) is 24.2. The molecular formula is C22H21NO3. The largest absolute Gasteiger partial charge is 0.480 e. The van der Waals surface area contributed by atoms with Crippen LogP contribution >= 0.6 is 0 Å². The van der Waals surface area contributed by atoms with E-state index in [-0.39, 0.29) is 5.91 Å². The molecule has 0 saturated carbocycles. The number of amides is 1. The van der Waals surface area contributed by atoms with Gasteiger partial charge in [-0.15, -0.1) is 0 Å². The Bertz CT molecular complexity index is 900. The van der Waals surface area contributed by atoms with Gasteiger partial charge >= 0.3 is 5.97 Å². The number of aryl methyl sites for hydroxylation is 1. The minimum atomic E-state index is -1.01. The van der Waals surface area contributed by atoms with Crippen molar-refractivity contribution >= 4 is 22.6 Å². The lowest BCUT2D eigenvalue weighted by atomic mass is 10.0. The quantitative estimate of drug-likeness (QED) is 0.678. The number of benzene rings is 3. The van der Waals surface area contributed by atoms with Crippen LogP contribution in [0, 0.1) is 0 Å². The number of nitrogens with one attached hydrogen (secondary N) is 1. The maximum absolute atomic E-state index is 12.6. The fourth-order valence-electron chi connectivity index (χ4n) is 3.07. The van der Waals surface area contributed by atoms with Gasteiger partial charge in [0.1, 0.15) is 6.04 Å². The molecule has 0 unspecified atom stereocenters. The maximum atomic E-state index is 12.6. The number of hydrogen-bond donors (Lipinski definition) is 2. The van der Waals surface area contributed by atoms with Crippen LogP contribution in [0.4, 0.5) is 0 Å². The van der Waals surface area contributed by atoms with E-state index in [1.54, 1.807) is 6.07 Å². The highest BCUT2D eigenvalue weighted by atomic mass is 16.4. The third kappa shape index (κ3) is 4.28. The van der Waals surface area contributed by atoms with E-state index in [1.807, 2.05) is 66.7 Å². The molecule has 0 aliphatic heterocycles. The second kappa shape index (κ2) is 8.30. The molecular weight excluding hydrogens is 326 g/mol. The van der Waals surface area contributed by atoms with E-state index in [1.165, 1.54) is 0 Å². The first-order valence-electron chi connectivity index (χ1n) is 8.70. The zero-order valence-corrected chi connectivity index (χ0v) is 14.4. The van der Waals surface area contributed by atoms with E-state index in [9.17, 15) is 14.7 Å². The van der Waals surface area contributed by atoms with E-state index < -0.39 is 12.0 Å². The Hall–Kier alpha value is -3.14. The maximum Gasteiger partial charge on any atom is 0.326 e. The summed E-state index contributed by atoms with van der Waals surface area (Å²) < 4.78 is 0. The normalized spacial score (nSPS) is 11.8. The third-order valence-corrected chi connectivity index (χ3v) is 4.44. The van der Waals surface area contributed by atoms with Crippen LogP contribution in [0.3, 0.4) is 0 Å². The van der Waals surface area contributed by atoms with Crippen molar-refractivity contribution in [2.45, 2.75) is 25.3 Å². The first-order valence-corrected chi connectivity index (χ1v) is 8.70. The van der Waals surface area contributed by atoms with Crippen molar-refractivity contribution in [1.82, 2.24) is 5.32 Å². The van der Waals surface area contributed by atoms with Gasteiger partial charge in [-0.05, 0) is 41.7 Å². The number of rotatable bonds is 7. The van der Waals surface area contributed by atoms with Crippen molar-refractivity contribution in [3.05, 3.63) is 83.9 Å².